The van der Waals surface area contributed by atoms with Crippen LogP contribution in [0.25, 0.3) is 10.9 Å². The normalized spacial score (nSPS) is 11.6. The zero-order valence-electron chi connectivity index (χ0n) is 16.9. The monoisotopic (exact) mass is 492 g/mol. The molecule has 4 rings (SSSR count). The highest BCUT2D eigenvalue weighted by molar-refractivity contribution is 6.32. The first-order chi connectivity index (χ1) is 16.1. The van der Waals surface area contributed by atoms with E-state index in [0.717, 1.165) is 10.6 Å². The zero-order valence-corrected chi connectivity index (χ0v) is 17.7. The van der Waals surface area contributed by atoms with Crippen molar-refractivity contribution in [1.82, 2.24) is 14.5 Å². The SMILES string of the molecule is O=C(Nc1cccc2ncn(Cc3ccccc3F)c(=O)c12)c1cc(Cl)c(O)c(C(F)(F)F)n1. The molecular formula is C22H13ClF4N4O3. The molecule has 174 valence electrons. The van der Waals surface area contributed by atoms with Gasteiger partial charge in [0.2, 0.25) is 0 Å². The zero-order chi connectivity index (χ0) is 24.6. The molecule has 0 bridgehead atoms. The molecule has 4 aromatic rings. The molecule has 0 radical (unpaired) electrons. The van der Waals surface area contributed by atoms with Crippen LogP contribution >= 0.6 is 11.6 Å². The molecule has 2 N–H and O–H groups in total. The average molecular weight is 493 g/mol. The number of halogens is 5. The molecule has 2 aromatic heterocycles. The Morgan fingerprint density at radius 1 is 1.15 bits per heavy atom. The first kappa shape index (κ1) is 23.2. The van der Waals surface area contributed by atoms with Crippen LogP contribution in [0.15, 0.2) is 59.7 Å². The lowest BCUT2D eigenvalue weighted by Gasteiger charge is -2.13. The fourth-order valence-corrected chi connectivity index (χ4v) is 3.43. The minimum absolute atomic E-state index is 0.0457. The summed E-state index contributed by atoms with van der Waals surface area (Å²) in [6.07, 6.45) is -3.84. The summed E-state index contributed by atoms with van der Waals surface area (Å²) in [7, 11) is 0. The second kappa shape index (κ2) is 8.75. The van der Waals surface area contributed by atoms with E-state index in [1.54, 1.807) is 6.07 Å². The summed E-state index contributed by atoms with van der Waals surface area (Å²) in [5.74, 6) is -2.94. The van der Waals surface area contributed by atoms with Gasteiger partial charge in [-0.2, -0.15) is 13.2 Å². The summed E-state index contributed by atoms with van der Waals surface area (Å²) in [4.78, 5) is 33.1. The second-order valence-corrected chi connectivity index (χ2v) is 7.51. The maximum atomic E-state index is 14.0. The molecule has 0 saturated heterocycles. The van der Waals surface area contributed by atoms with Gasteiger partial charge in [0.1, 0.15) is 11.5 Å². The average Bonchev–Trinajstić information content (AvgIpc) is 2.78. The number of nitrogens with zero attached hydrogens (tertiary/aromatic N) is 3. The Bertz CT molecular complexity index is 1490. The number of carbonyl (C=O) groups is 1. The van der Waals surface area contributed by atoms with Gasteiger partial charge in [0.25, 0.3) is 11.5 Å². The lowest BCUT2D eigenvalue weighted by Crippen LogP contribution is -2.24. The lowest BCUT2D eigenvalue weighted by molar-refractivity contribution is -0.142. The summed E-state index contributed by atoms with van der Waals surface area (Å²) in [5, 5.41) is 11.1. The number of benzene rings is 2. The van der Waals surface area contributed by atoms with Crippen LogP contribution in [0, 0.1) is 5.82 Å². The molecule has 0 spiro atoms. The Morgan fingerprint density at radius 3 is 2.59 bits per heavy atom. The van der Waals surface area contributed by atoms with Crippen molar-refractivity contribution in [2.24, 2.45) is 0 Å². The summed E-state index contributed by atoms with van der Waals surface area (Å²) in [6.45, 7) is -0.138. The van der Waals surface area contributed by atoms with Crippen LogP contribution in [0.2, 0.25) is 5.02 Å². The standard InChI is InChI=1S/C22H13ClF4N4O3/c23-12-8-16(29-19(18(12)32)22(25,26)27)20(33)30-15-7-3-6-14-17(15)21(34)31(10-28-14)9-11-4-1-2-5-13(11)24/h1-8,10,32H,9H2,(H,30,33). The first-order valence-electron chi connectivity index (χ1n) is 9.56. The number of nitrogens with one attached hydrogen (secondary N) is 1. The van der Waals surface area contributed by atoms with Crippen molar-refractivity contribution in [2.45, 2.75) is 12.7 Å². The van der Waals surface area contributed by atoms with Gasteiger partial charge in [0, 0.05) is 5.56 Å². The Kier molecular flexibility index (Phi) is 5.96. The molecule has 0 saturated carbocycles. The highest BCUT2D eigenvalue weighted by atomic mass is 35.5. The van der Waals surface area contributed by atoms with Crippen LogP contribution in [0.3, 0.4) is 0 Å². The molecule has 2 aromatic carbocycles. The van der Waals surface area contributed by atoms with E-state index >= 15 is 0 Å². The molecule has 34 heavy (non-hydrogen) atoms. The van der Waals surface area contributed by atoms with Crippen LogP contribution in [0.1, 0.15) is 21.7 Å². The van der Waals surface area contributed by atoms with Gasteiger partial charge in [-0.3, -0.25) is 14.2 Å². The molecule has 7 nitrogen and oxygen atoms in total. The molecule has 2 heterocycles. The van der Waals surface area contributed by atoms with Crippen LogP contribution in [0.4, 0.5) is 23.2 Å². The van der Waals surface area contributed by atoms with Gasteiger partial charge in [-0.25, -0.2) is 14.4 Å². The van der Waals surface area contributed by atoms with Crippen LogP contribution in [-0.2, 0) is 12.7 Å². The maximum Gasteiger partial charge on any atom is 0.437 e. The molecule has 0 fully saturated rings. The number of carbonyl (C=O) groups excluding carboxylic acids is 1. The van der Waals surface area contributed by atoms with E-state index in [4.69, 9.17) is 11.6 Å². The third kappa shape index (κ3) is 4.42. The van der Waals surface area contributed by atoms with Gasteiger partial charge < -0.3 is 10.4 Å². The van der Waals surface area contributed by atoms with E-state index in [1.165, 1.54) is 42.7 Å². The third-order valence-electron chi connectivity index (χ3n) is 4.85. The van der Waals surface area contributed by atoms with Gasteiger partial charge in [0.15, 0.2) is 11.4 Å². The maximum absolute atomic E-state index is 14.0. The van der Waals surface area contributed by atoms with E-state index in [2.05, 4.69) is 15.3 Å². The summed E-state index contributed by atoms with van der Waals surface area (Å²) < 4.78 is 54.5. The fourth-order valence-electron chi connectivity index (χ4n) is 3.23. The quantitative estimate of drug-likeness (QED) is 0.406. The van der Waals surface area contributed by atoms with Gasteiger partial charge in [0.05, 0.1) is 34.5 Å². The Balaban J connectivity index is 1.74. The van der Waals surface area contributed by atoms with E-state index in [9.17, 15) is 32.3 Å². The number of aromatic nitrogens is 3. The number of amides is 1. The number of pyridine rings is 1. The highest BCUT2D eigenvalue weighted by Crippen LogP contribution is 2.38. The Hall–Kier alpha value is -3.99. The third-order valence-corrected chi connectivity index (χ3v) is 5.14. The highest BCUT2D eigenvalue weighted by Gasteiger charge is 2.38. The number of rotatable bonds is 4. The fraction of sp³-hybridized carbons (Fsp3) is 0.0909. The van der Waals surface area contributed by atoms with Crippen molar-refractivity contribution in [3.05, 3.63) is 93.0 Å². The molecule has 12 heteroatoms. The Morgan fingerprint density at radius 2 is 1.88 bits per heavy atom. The molecule has 0 aliphatic heterocycles. The van der Waals surface area contributed by atoms with Crippen molar-refractivity contribution in [3.8, 4) is 5.75 Å². The van der Waals surface area contributed by atoms with Crippen molar-refractivity contribution < 1.29 is 27.5 Å². The van der Waals surface area contributed by atoms with Gasteiger partial charge >= 0.3 is 6.18 Å². The largest absolute Gasteiger partial charge is 0.504 e. The van der Waals surface area contributed by atoms with Gasteiger partial charge in [-0.1, -0.05) is 35.9 Å². The van der Waals surface area contributed by atoms with Crippen molar-refractivity contribution in [2.75, 3.05) is 5.32 Å². The van der Waals surface area contributed by atoms with E-state index in [-0.39, 0.29) is 28.7 Å². The molecule has 0 aliphatic carbocycles. The smallest absolute Gasteiger partial charge is 0.437 e. The van der Waals surface area contributed by atoms with Gasteiger partial charge in [-0.15, -0.1) is 0 Å². The summed E-state index contributed by atoms with van der Waals surface area (Å²) in [6, 6.07) is 10.9. The van der Waals surface area contributed by atoms with Gasteiger partial charge in [-0.05, 0) is 24.3 Å². The summed E-state index contributed by atoms with van der Waals surface area (Å²) >= 11 is 5.64. The second-order valence-electron chi connectivity index (χ2n) is 7.11. The summed E-state index contributed by atoms with van der Waals surface area (Å²) in [5.41, 5.74) is -2.70. The number of fused-ring (bicyclic) bond motifs is 1. The van der Waals surface area contributed by atoms with E-state index < -0.39 is 45.6 Å². The van der Waals surface area contributed by atoms with Crippen molar-refractivity contribution >= 4 is 34.1 Å². The van der Waals surface area contributed by atoms with Crippen LogP contribution < -0.4 is 10.9 Å². The lowest BCUT2D eigenvalue weighted by atomic mass is 10.1. The number of hydrogen-bond acceptors (Lipinski definition) is 5. The first-order valence-corrected chi connectivity index (χ1v) is 9.93. The van der Waals surface area contributed by atoms with E-state index in [0.29, 0.717) is 0 Å². The van der Waals surface area contributed by atoms with Crippen molar-refractivity contribution in [1.29, 1.82) is 0 Å². The molecule has 0 atom stereocenters. The van der Waals surface area contributed by atoms with Crippen molar-refractivity contribution in [3.63, 3.8) is 0 Å². The number of anilines is 1. The number of aromatic hydroxyl groups is 1. The van der Waals surface area contributed by atoms with Crippen LogP contribution in [0.5, 0.6) is 5.75 Å². The molecule has 1 amide bonds. The molecule has 0 unspecified atom stereocenters. The van der Waals surface area contributed by atoms with Crippen LogP contribution in [-0.4, -0.2) is 25.5 Å². The van der Waals surface area contributed by atoms with E-state index in [1.807, 2.05) is 0 Å². The Labute approximate surface area is 193 Å². The minimum Gasteiger partial charge on any atom is -0.504 e. The predicted molar refractivity (Wildman–Crippen MR) is 115 cm³/mol. The topological polar surface area (TPSA) is 97.1 Å². The number of hydrogen-bond donors (Lipinski definition) is 2. The number of alkyl halides is 3. The minimum atomic E-state index is -5.06. The molecule has 0 aliphatic rings. The molecular weight excluding hydrogens is 480 g/mol. The predicted octanol–water partition coefficient (Wildman–Crippen LogP) is 4.61.